The molecule has 2 unspecified atom stereocenters. The van der Waals surface area contributed by atoms with Crippen molar-refractivity contribution in [3.63, 3.8) is 0 Å². The molecule has 2 saturated heterocycles. The highest BCUT2D eigenvalue weighted by molar-refractivity contribution is 5.80. The van der Waals surface area contributed by atoms with E-state index >= 15 is 0 Å². The van der Waals surface area contributed by atoms with Crippen molar-refractivity contribution < 1.29 is 14.6 Å². The smallest absolute Gasteiger partial charge is 0.226 e. The molecule has 1 aromatic rings. The first kappa shape index (κ1) is 16.1. The fraction of sp³-hybridized carbons (Fsp3) is 0.778. The van der Waals surface area contributed by atoms with Gasteiger partial charge < -0.3 is 19.3 Å². The molecule has 24 heavy (non-hydrogen) atoms. The van der Waals surface area contributed by atoms with Gasteiger partial charge in [0.2, 0.25) is 5.91 Å². The monoisotopic (exact) mass is 333 g/mol. The van der Waals surface area contributed by atoms with E-state index in [0.717, 1.165) is 63.4 Å². The maximum absolute atomic E-state index is 13.3. The van der Waals surface area contributed by atoms with Crippen LogP contribution in [-0.2, 0) is 22.5 Å². The van der Waals surface area contributed by atoms with Crippen LogP contribution in [0.5, 0.6) is 0 Å². The number of aliphatic hydroxyl groups excluding tert-OH is 1. The maximum Gasteiger partial charge on any atom is 0.226 e. The summed E-state index contributed by atoms with van der Waals surface area (Å²) < 4.78 is 7.72. The van der Waals surface area contributed by atoms with Gasteiger partial charge in [-0.1, -0.05) is 0 Å². The number of aliphatic hydroxyl groups is 1. The van der Waals surface area contributed by atoms with Crippen molar-refractivity contribution in [1.29, 1.82) is 0 Å². The first-order valence-electron chi connectivity index (χ1n) is 9.14. The molecule has 0 aliphatic carbocycles. The lowest BCUT2D eigenvalue weighted by Crippen LogP contribution is -2.53. The van der Waals surface area contributed by atoms with Crippen LogP contribution in [0.3, 0.4) is 0 Å². The van der Waals surface area contributed by atoms with Gasteiger partial charge >= 0.3 is 0 Å². The number of carbonyl (C=O) groups is 1. The van der Waals surface area contributed by atoms with E-state index in [2.05, 4.69) is 20.6 Å². The van der Waals surface area contributed by atoms with Crippen molar-refractivity contribution in [3.8, 4) is 0 Å². The molecule has 0 aromatic carbocycles. The predicted molar refractivity (Wildman–Crippen MR) is 88.5 cm³/mol. The number of carbonyl (C=O) groups excluding carboxylic acids is 1. The Hall–Kier alpha value is -1.40. The Kier molecular flexibility index (Phi) is 4.12. The summed E-state index contributed by atoms with van der Waals surface area (Å²) in [7, 11) is 0. The van der Waals surface area contributed by atoms with Crippen LogP contribution < -0.4 is 0 Å². The van der Waals surface area contributed by atoms with Gasteiger partial charge in [-0.3, -0.25) is 4.79 Å². The minimum atomic E-state index is -0.0917. The standard InChI is InChI=1S/C18H27N3O3/c1-13-10-20-5-2-15(8-16(20)19-13)17(23)21-11-14(12-22)9-18(21)3-6-24-7-4-18/h10,14-15,22H,2-9,11-12H2,1H3. The summed E-state index contributed by atoms with van der Waals surface area (Å²) in [5, 5.41) is 9.64. The molecule has 1 N–H and O–H groups in total. The number of amides is 1. The second kappa shape index (κ2) is 6.15. The molecule has 0 bridgehead atoms. The number of hydrogen-bond donors (Lipinski definition) is 1. The SMILES string of the molecule is Cc1cn2c(n1)CC(C(=O)N1CC(CO)CC13CCOCC3)CC2. The molecule has 3 aliphatic heterocycles. The fourth-order valence-corrected chi connectivity index (χ4v) is 4.84. The molecular formula is C18H27N3O3. The van der Waals surface area contributed by atoms with Gasteiger partial charge in [-0.2, -0.15) is 0 Å². The number of nitrogens with zero attached hydrogens (tertiary/aromatic N) is 3. The van der Waals surface area contributed by atoms with Crippen molar-refractivity contribution in [2.45, 2.75) is 51.1 Å². The van der Waals surface area contributed by atoms with Crippen LogP contribution in [0, 0.1) is 18.8 Å². The van der Waals surface area contributed by atoms with Gasteiger partial charge in [0.25, 0.3) is 0 Å². The Morgan fingerprint density at radius 2 is 2.25 bits per heavy atom. The number of likely N-dealkylation sites (tertiary alicyclic amines) is 1. The van der Waals surface area contributed by atoms with Crippen molar-refractivity contribution in [1.82, 2.24) is 14.5 Å². The lowest BCUT2D eigenvalue weighted by molar-refractivity contribution is -0.143. The van der Waals surface area contributed by atoms with E-state index in [4.69, 9.17) is 4.74 Å². The maximum atomic E-state index is 13.3. The molecule has 0 saturated carbocycles. The average Bonchev–Trinajstić information content (AvgIpc) is 3.13. The summed E-state index contributed by atoms with van der Waals surface area (Å²) in [6, 6.07) is 0. The molecule has 6 nitrogen and oxygen atoms in total. The first-order chi connectivity index (χ1) is 11.6. The van der Waals surface area contributed by atoms with Gasteiger partial charge in [-0.05, 0) is 32.6 Å². The minimum absolute atomic E-state index is 0.0245. The zero-order valence-electron chi connectivity index (χ0n) is 14.4. The Morgan fingerprint density at radius 1 is 1.46 bits per heavy atom. The van der Waals surface area contributed by atoms with Gasteiger partial charge in [0.15, 0.2) is 0 Å². The summed E-state index contributed by atoms with van der Waals surface area (Å²) >= 11 is 0. The summed E-state index contributed by atoms with van der Waals surface area (Å²) in [6.07, 6.45) is 6.41. The third-order valence-electron chi connectivity index (χ3n) is 6.11. The molecular weight excluding hydrogens is 306 g/mol. The van der Waals surface area contributed by atoms with Crippen molar-refractivity contribution in [3.05, 3.63) is 17.7 Å². The number of fused-ring (bicyclic) bond motifs is 1. The van der Waals surface area contributed by atoms with Crippen LogP contribution in [0.4, 0.5) is 0 Å². The summed E-state index contributed by atoms with van der Waals surface area (Å²) in [6.45, 7) is 5.18. The van der Waals surface area contributed by atoms with Gasteiger partial charge in [0.1, 0.15) is 5.82 Å². The number of hydrogen-bond acceptors (Lipinski definition) is 4. The van der Waals surface area contributed by atoms with Crippen LogP contribution >= 0.6 is 0 Å². The molecule has 3 aliphatic rings. The van der Waals surface area contributed by atoms with Crippen LogP contribution in [0.1, 0.15) is 37.2 Å². The largest absolute Gasteiger partial charge is 0.396 e. The zero-order chi connectivity index (χ0) is 16.7. The molecule has 132 valence electrons. The second-order valence-corrected chi connectivity index (χ2v) is 7.72. The summed E-state index contributed by atoms with van der Waals surface area (Å²) in [5.74, 6) is 1.53. The van der Waals surface area contributed by atoms with Crippen molar-refractivity contribution in [2.24, 2.45) is 11.8 Å². The summed E-state index contributed by atoms with van der Waals surface area (Å²) in [4.78, 5) is 20.0. The topological polar surface area (TPSA) is 67.6 Å². The van der Waals surface area contributed by atoms with Gasteiger partial charge in [-0.15, -0.1) is 0 Å². The normalized spacial score (nSPS) is 29.0. The molecule has 1 amide bonds. The number of rotatable bonds is 2. The van der Waals surface area contributed by atoms with E-state index in [1.54, 1.807) is 0 Å². The predicted octanol–water partition coefficient (Wildman–Crippen LogP) is 1.14. The fourth-order valence-electron chi connectivity index (χ4n) is 4.84. The lowest BCUT2D eigenvalue weighted by Gasteiger charge is -2.43. The van der Waals surface area contributed by atoms with Crippen molar-refractivity contribution in [2.75, 3.05) is 26.4 Å². The van der Waals surface area contributed by atoms with E-state index in [1.807, 2.05) is 6.92 Å². The number of aromatic nitrogens is 2. The molecule has 0 radical (unpaired) electrons. The lowest BCUT2D eigenvalue weighted by atomic mass is 9.84. The molecule has 4 heterocycles. The molecule has 6 heteroatoms. The average molecular weight is 333 g/mol. The van der Waals surface area contributed by atoms with E-state index in [9.17, 15) is 9.90 Å². The third-order valence-corrected chi connectivity index (χ3v) is 6.11. The highest BCUT2D eigenvalue weighted by Crippen LogP contribution is 2.42. The van der Waals surface area contributed by atoms with Crippen LogP contribution in [-0.4, -0.2) is 57.4 Å². The third kappa shape index (κ3) is 2.65. The van der Waals surface area contributed by atoms with E-state index in [1.165, 1.54) is 0 Å². The highest BCUT2D eigenvalue weighted by atomic mass is 16.5. The van der Waals surface area contributed by atoms with E-state index in [-0.39, 0.29) is 29.9 Å². The van der Waals surface area contributed by atoms with Gasteiger partial charge in [-0.25, -0.2) is 4.98 Å². The van der Waals surface area contributed by atoms with Crippen molar-refractivity contribution >= 4 is 5.91 Å². The van der Waals surface area contributed by atoms with Gasteiger partial charge in [0.05, 0.1) is 5.69 Å². The van der Waals surface area contributed by atoms with Crippen LogP contribution in [0.15, 0.2) is 6.20 Å². The number of aryl methyl sites for hydroxylation is 2. The van der Waals surface area contributed by atoms with Crippen LogP contribution in [0.25, 0.3) is 0 Å². The molecule has 2 atom stereocenters. The zero-order valence-corrected chi connectivity index (χ0v) is 14.4. The second-order valence-electron chi connectivity index (χ2n) is 7.72. The Labute approximate surface area is 142 Å². The summed E-state index contributed by atoms with van der Waals surface area (Å²) in [5.41, 5.74) is 0.937. The molecule has 4 rings (SSSR count). The Bertz CT molecular complexity index is 621. The van der Waals surface area contributed by atoms with E-state index in [0.29, 0.717) is 6.54 Å². The number of imidazole rings is 1. The molecule has 1 aromatic heterocycles. The minimum Gasteiger partial charge on any atom is -0.396 e. The number of ether oxygens (including phenoxy) is 1. The Balaban J connectivity index is 1.54. The Morgan fingerprint density at radius 3 is 3.00 bits per heavy atom. The highest BCUT2D eigenvalue weighted by Gasteiger charge is 2.49. The van der Waals surface area contributed by atoms with Gasteiger partial charge in [0, 0.05) is 62.9 Å². The first-order valence-corrected chi connectivity index (χ1v) is 9.14. The van der Waals surface area contributed by atoms with E-state index < -0.39 is 0 Å². The quantitative estimate of drug-likeness (QED) is 0.881. The molecule has 1 spiro atoms. The molecule has 2 fully saturated rings. The van der Waals surface area contributed by atoms with Crippen LogP contribution in [0.2, 0.25) is 0 Å².